The Morgan fingerprint density at radius 1 is 1.03 bits per heavy atom. The molecule has 10 heteroatoms. The molecular weight excluding hydrogens is 440 g/mol. The number of ether oxygens (including phenoxy) is 2. The Hall–Kier alpha value is -2.14. The van der Waals surface area contributed by atoms with Gasteiger partial charge in [-0.25, -0.2) is 16.8 Å². The molecule has 2 aromatic rings. The third-order valence-corrected chi connectivity index (χ3v) is 8.59. The van der Waals surface area contributed by atoms with Crippen LogP contribution in [0.15, 0.2) is 46.2 Å². The smallest absolute Gasteiger partial charge is 0.262 e. The van der Waals surface area contributed by atoms with Crippen LogP contribution in [0.25, 0.3) is 0 Å². The molecule has 8 nitrogen and oxygen atoms in total. The SMILES string of the molecule is COc1cc(C)c(S(=O)(=O)Nc2ccc(S(=O)(=O)N3CCOCC3)cc2)cc1C(C)C. The molecule has 1 aliphatic rings. The summed E-state index contributed by atoms with van der Waals surface area (Å²) in [6, 6.07) is 9.05. The van der Waals surface area contributed by atoms with Crippen LogP contribution >= 0.6 is 0 Å². The van der Waals surface area contributed by atoms with Crippen LogP contribution in [-0.4, -0.2) is 54.6 Å². The first-order chi connectivity index (χ1) is 14.6. The maximum absolute atomic E-state index is 13.0. The van der Waals surface area contributed by atoms with Gasteiger partial charge in [0.2, 0.25) is 10.0 Å². The van der Waals surface area contributed by atoms with Gasteiger partial charge in [-0.15, -0.1) is 0 Å². The summed E-state index contributed by atoms with van der Waals surface area (Å²) in [5.74, 6) is 0.721. The molecule has 3 rings (SSSR count). The minimum absolute atomic E-state index is 0.0779. The van der Waals surface area contributed by atoms with Gasteiger partial charge in [-0.05, 0) is 60.4 Å². The zero-order valence-corrected chi connectivity index (χ0v) is 19.7. The summed E-state index contributed by atoms with van der Waals surface area (Å²) in [5, 5.41) is 0. The predicted molar refractivity (Wildman–Crippen MR) is 119 cm³/mol. The van der Waals surface area contributed by atoms with Crippen molar-refractivity contribution in [2.24, 2.45) is 0 Å². The maximum Gasteiger partial charge on any atom is 0.262 e. The lowest BCUT2D eigenvalue weighted by atomic mass is 10.0. The number of morpholine rings is 1. The van der Waals surface area contributed by atoms with Gasteiger partial charge in [0.1, 0.15) is 5.75 Å². The van der Waals surface area contributed by atoms with E-state index in [1.807, 2.05) is 13.8 Å². The first kappa shape index (κ1) is 23.5. The van der Waals surface area contributed by atoms with Crippen molar-refractivity contribution in [2.75, 3.05) is 38.1 Å². The number of aryl methyl sites for hydroxylation is 1. The van der Waals surface area contributed by atoms with Crippen LogP contribution in [0.3, 0.4) is 0 Å². The first-order valence-electron chi connectivity index (χ1n) is 9.95. The Morgan fingerprint density at radius 3 is 2.19 bits per heavy atom. The topological polar surface area (TPSA) is 102 Å². The van der Waals surface area contributed by atoms with Crippen LogP contribution in [0.5, 0.6) is 5.75 Å². The standard InChI is InChI=1S/C21H28N2O6S2/c1-15(2)19-14-21(16(3)13-20(19)28-4)30(24,25)22-17-5-7-18(8-6-17)31(26,27)23-9-11-29-12-10-23/h5-8,13-15,22H,9-12H2,1-4H3. The highest BCUT2D eigenvalue weighted by molar-refractivity contribution is 7.92. The molecule has 0 aliphatic carbocycles. The number of sulfonamides is 2. The summed E-state index contributed by atoms with van der Waals surface area (Å²) in [4.78, 5) is 0.266. The predicted octanol–water partition coefficient (Wildman–Crippen LogP) is 2.95. The second-order valence-electron chi connectivity index (χ2n) is 7.66. The summed E-state index contributed by atoms with van der Waals surface area (Å²) in [6.07, 6.45) is 0. The Bertz CT molecular complexity index is 1140. The van der Waals surface area contributed by atoms with E-state index in [4.69, 9.17) is 9.47 Å². The van der Waals surface area contributed by atoms with E-state index in [-0.39, 0.29) is 21.4 Å². The first-order valence-corrected chi connectivity index (χ1v) is 12.9. The lowest BCUT2D eigenvalue weighted by molar-refractivity contribution is 0.0730. The lowest BCUT2D eigenvalue weighted by Gasteiger charge is -2.26. The molecular formula is C21H28N2O6S2. The summed E-state index contributed by atoms with van der Waals surface area (Å²) in [5.41, 5.74) is 1.63. The van der Waals surface area contributed by atoms with Gasteiger partial charge < -0.3 is 9.47 Å². The number of nitrogens with zero attached hydrogens (tertiary/aromatic N) is 1. The van der Waals surface area contributed by atoms with Gasteiger partial charge >= 0.3 is 0 Å². The summed E-state index contributed by atoms with van der Waals surface area (Å²) in [7, 11) is -5.96. The van der Waals surface area contributed by atoms with Crippen molar-refractivity contribution in [2.45, 2.75) is 36.5 Å². The normalized spacial score (nSPS) is 15.8. The highest BCUT2D eigenvalue weighted by Gasteiger charge is 2.26. The molecule has 1 heterocycles. The highest BCUT2D eigenvalue weighted by atomic mass is 32.2. The monoisotopic (exact) mass is 468 g/mol. The van der Waals surface area contributed by atoms with E-state index in [1.54, 1.807) is 26.2 Å². The Balaban J connectivity index is 1.86. The minimum atomic E-state index is -3.88. The van der Waals surface area contributed by atoms with E-state index in [9.17, 15) is 16.8 Å². The molecule has 1 N–H and O–H groups in total. The average molecular weight is 469 g/mol. The van der Waals surface area contributed by atoms with Crippen molar-refractivity contribution < 1.29 is 26.3 Å². The van der Waals surface area contributed by atoms with E-state index in [0.29, 0.717) is 37.6 Å². The number of hydrogen-bond donors (Lipinski definition) is 1. The van der Waals surface area contributed by atoms with Gasteiger partial charge in [-0.2, -0.15) is 4.31 Å². The molecule has 0 spiro atoms. The Kier molecular flexibility index (Phi) is 6.95. The molecule has 0 saturated carbocycles. The molecule has 0 unspecified atom stereocenters. The van der Waals surface area contributed by atoms with E-state index in [1.165, 1.54) is 28.6 Å². The van der Waals surface area contributed by atoms with Crippen molar-refractivity contribution in [3.05, 3.63) is 47.5 Å². The minimum Gasteiger partial charge on any atom is -0.496 e. The fraction of sp³-hybridized carbons (Fsp3) is 0.429. The molecule has 170 valence electrons. The van der Waals surface area contributed by atoms with Crippen molar-refractivity contribution in [1.82, 2.24) is 4.31 Å². The van der Waals surface area contributed by atoms with E-state index < -0.39 is 20.0 Å². The molecule has 1 saturated heterocycles. The number of methoxy groups -OCH3 is 1. The fourth-order valence-corrected chi connectivity index (χ4v) is 6.17. The van der Waals surface area contributed by atoms with Crippen LogP contribution in [0.2, 0.25) is 0 Å². The van der Waals surface area contributed by atoms with E-state index in [0.717, 1.165) is 5.56 Å². The van der Waals surface area contributed by atoms with Gasteiger partial charge in [0.05, 0.1) is 30.1 Å². The number of nitrogens with one attached hydrogen (secondary N) is 1. The van der Waals surface area contributed by atoms with Crippen molar-refractivity contribution >= 4 is 25.7 Å². The number of benzene rings is 2. The Morgan fingerprint density at radius 2 is 1.65 bits per heavy atom. The van der Waals surface area contributed by atoms with E-state index >= 15 is 0 Å². The van der Waals surface area contributed by atoms with Crippen LogP contribution in [0.1, 0.15) is 30.9 Å². The number of rotatable bonds is 7. The molecule has 2 aromatic carbocycles. The zero-order chi connectivity index (χ0) is 22.8. The van der Waals surface area contributed by atoms with Crippen molar-refractivity contribution in [3.8, 4) is 5.75 Å². The third-order valence-electron chi connectivity index (χ3n) is 5.15. The molecule has 0 amide bonds. The maximum atomic E-state index is 13.0. The average Bonchev–Trinajstić information content (AvgIpc) is 2.73. The molecule has 1 fully saturated rings. The molecule has 0 aromatic heterocycles. The van der Waals surface area contributed by atoms with Gasteiger partial charge in [0.15, 0.2) is 0 Å². The molecule has 31 heavy (non-hydrogen) atoms. The summed E-state index contributed by atoms with van der Waals surface area (Å²) < 4.78 is 66.0. The number of hydrogen-bond acceptors (Lipinski definition) is 6. The lowest BCUT2D eigenvalue weighted by Crippen LogP contribution is -2.40. The van der Waals surface area contributed by atoms with Crippen molar-refractivity contribution in [3.63, 3.8) is 0 Å². The van der Waals surface area contributed by atoms with Crippen LogP contribution in [-0.2, 0) is 24.8 Å². The third kappa shape index (κ3) is 5.03. The molecule has 0 bridgehead atoms. The van der Waals surface area contributed by atoms with Crippen LogP contribution in [0.4, 0.5) is 5.69 Å². The summed E-state index contributed by atoms with van der Waals surface area (Å²) >= 11 is 0. The second-order valence-corrected chi connectivity index (χ2v) is 11.2. The largest absolute Gasteiger partial charge is 0.496 e. The van der Waals surface area contributed by atoms with Crippen molar-refractivity contribution in [1.29, 1.82) is 0 Å². The molecule has 0 radical (unpaired) electrons. The Labute approximate surface area is 184 Å². The van der Waals surface area contributed by atoms with Crippen LogP contribution < -0.4 is 9.46 Å². The van der Waals surface area contributed by atoms with Gasteiger partial charge in [0.25, 0.3) is 10.0 Å². The highest BCUT2D eigenvalue weighted by Crippen LogP contribution is 2.32. The zero-order valence-electron chi connectivity index (χ0n) is 18.1. The van der Waals surface area contributed by atoms with Crippen LogP contribution in [0, 0.1) is 6.92 Å². The molecule has 1 aliphatic heterocycles. The summed E-state index contributed by atoms with van der Waals surface area (Å²) in [6.45, 7) is 6.94. The van der Waals surface area contributed by atoms with E-state index in [2.05, 4.69) is 4.72 Å². The van der Waals surface area contributed by atoms with Gasteiger partial charge in [-0.3, -0.25) is 4.72 Å². The second kappa shape index (κ2) is 9.15. The number of anilines is 1. The fourth-order valence-electron chi connectivity index (χ4n) is 3.44. The quantitative estimate of drug-likeness (QED) is 0.670. The van der Waals surface area contributed by atoms with Gasteiger partial charge in [-0.1, -0.05) is 13.8 Å². The molecule has 0 atom stereocenters. The van der Waals surface area contributed by atoms with Gasteiger partial charge in [0, 0.05) is 18.8 Å².